The molecule has 0 unspecified atom stereocenters. The van der Waals surface area contributed by atoms with E-state index in [4.69, 9.17) is 4.42 Å². The fraction of sp³-hybridized carbons (Fsp3) is 0.333. The highest BCUT2D eigenvalue weighted by atomic mass is 16.5. The molecule has 1 aliphatic rings. The van der Waals surface area contributed by atoms with Crippen LogP contribution in [0.5, 0.6) is 0 Å². The maximum absolute atomic E-state index is 12.1. The molecule has 138 valence electrons. The number of aliphatic hydroxyl groups is 1. The van der Waals surface area contributed by atoms with Gasteiger partial charge in [0.05, 0.1) is 13.4 Å². The van der Waals surface area contributed by atoms with Crippen molar-refractivity contribution in [2.24, 2.45) is 5.41 Å². The van der Waals surface area contributed by atoms with Crippen LogP contribution in [0, 0.1) is 5.41 Å². The van der Waals surface area contributed by atoms with Gasteiger partial charge in [-0.25, -0.2) is 4.79 Å². The van der Waals surface area contributed by atoms with Crippen LogP contribution >= 0.6 is 0 Å². The molecule has 1 atom stereocenters. The molecule has 26 heavy (non-hydrogen) atoms. The van der Waals surface area contributed by atoms with E-state index in [0.29, 0.717) is 16.9 Å². The van der Waals surface area contributed by atoms with E-state index in [1.54, 1.807) is 49.6 Å². The summed E-state index contributed by atoms with van der Waals surface area (Å²) in [6.07, 6.45) is 11.2. The van der Waals surface area contributed by atoms with Gasteiger partial charge in [0, 0.05) is 17.9 Å². The summed E-state index contributed by atoms with van der Waals surface area (Å²) >= 11 is 0. The van der Waals surface area contributed by atoms with E-state index in [-0.39, 0.29) is 12.2 Å². The maximum Gasteiger partial charge on any atom is 0.330 e. The van der Waals surface area contributed by atoms with Crippen molar-refractivity contribution in [1.82, 2.24) is 0 Å². The highest BCUT2D eigenvalue weighted by molar-refractivity contribution is 5.93. The molecule has 0 fully saturated rings. The van der Waals surface area contributed by atoms with Crippen LogP contribution < -0.4 is 0 Å². The van der Waals surface area contributed by atoms with Gasteiger partial charge >= 0.3 is 5.97 Å². The second-order valence-corrected chi connectivity index (χ2v) is 6.99. The normalized spacial score (nSPS) is 23.5. The Labute approximate surface area is 153 Å². The van der Waals surface area contributed by atoms with Crippen LogP contribution in [0.25, 0.3) is 6.08 Å². The number of methoxy groups -OCH3 is 1. The SMILES string of the molecule is COC(=O)/C=C(C)\C=C\[C@@]1(O)C(/C=C/c2ccco2)=CC(=O)CC1(C)C. The van der Waals surface area contributed by atoms with Gasteiger partial charge in [-0.3, -0.25) is 4.79 Å². The van der Waals surface area contributed by atoms with E-state index in [0.717, 1.165) is 0 Å². The fourth-order valence-electron chi connectivity index (χ4n) is 2.90. The number of esters is 1. The monoisotopic (exact) mass is 356 g/mol. The number of hydrogen-bond acceptors (Lipinski definition) is 5. The van der Waals surface area contributed by atoms with Gasteiger partial charge in [-0.2, -0.15) is 0 Å². The van der Waals surface area contributed by atoms with E-state index in [2.05, 4.69) is 4.74 Å². The van der Waals surface area contributed by atoms with Gasteiger partial charge < -0.3 is 14.3 Å². The molecular formula is C21H24O5. The zero-order chi connectivity index (χ0) is 19.4. The van der Waals surface area contributed by atoms with Gasteiger partial charge in [0.15, 0.2) is 5.78 Å². The van der Waals surface area contributed by atoms with Crippen molar-refractivity contribution < 1.29 is 23.8 Å². The van der Waals surface area contributed by atoms with Gasteiger partial charge in [0.25, 0.3) is 0 Å². The average Bonchev–Trinajstić information content (AvgIpc) is 3.08. The standard InChI is InChI=1S/C21H24O5/c1-15(12-19(23)25-4)9-10-21(24)16(7-8-18-6-5-11-26-18)13-17(22)14-20(21,2)3/h5-13,24H,14H2,1-4H3/b8-7+,10-9+,15-12-/t21-/m1/s1. The predicted molar refractivity (Wildman–Crippen MR) is 99.1 cm³/mol. The molecule has 0 spiro atoms. The number of carbonyl (C=O) groups is 2. The highest BCUT2D eigenvalue weighted by Crippen LogP contribution is 2.45. The van der Waals surface area contributed by atoms with Gasteiger partial charge in [-0.15, -0.1) is 0 Å². The van der Waals surface area contributed by atoms with Gasteiger partial charge in [-0.05, 0) is 48.4 Å². The lowest BCUT2D eigenvalue weighted by Crippen LogP contribution is -2.48. The lowest BCUT2D eigenvalue weighted by atomic mass is 9.64. The first-order valence-corrected chi connectivity index (χ1v) is 8.32. The first-order chi connectivity index (χ1) is 12.2. The molecule has 0 saturated carbocycles. The maximum atomic E-state index is 12.1. The van der Waals surface area contributed by atoms with Crippen molar-refractivity contribution in [3.8, 4) is 0 Å². The van der Waals surface area contributed by atoms with Crippen LogP contribution in [-0.4, -0.2) is 29.6 Å². The van der Waals surface area contributed by atoms with E-state index in [1.165, 1.54) is 19.3 Å². The van der Waals surface area contributed by atoms with E-state index >= 15 is 0 Å². The number of hydrogen-bond donors (Lipinski definition) is 1. The number of rotatable bonds is 5. The molecule has 5 nitrogen and oxygen atoms in total. The number of furan rings is 1. The van der Waals surface area contributed by atoms with Crippen LogP contribution in [0.4, 0.5) is 0 Å². The Morgan fingerprint density at radius 2 is 2.08 bits per heavy atom. The second kappa shape index (κ2) is 7.70. The zero-order valence-electron chi connectivity index (χ0n) is 15.5. The summed E-state index contributed by atoms with van der Waals surface area (Å²) in [5.41, 5.74) is -0.997. The summed E-state index contributed by atoms with van der Waals surface area (Å²) in [4.78, 5) is 23.5. The van der Waals surface area contributed by atoms with Crippen molar-refractivity contribution in [3.05, 3.63) is 65.7 Å². The Balaban J connectivity index is 2.41. The van der Waals surface area contributed by atoms with Crippen LogP contribution in [0.2, 0.25) is 0 Å². The molecular weight excluding hydrogens is 332 g/mol. The third-order valence-corrected chi connectivity index (χ3v) is 4.51. The topological polar surface area (TPSA) is 76.7 Å². The summed E-state index contributed by atoms with van der Waals surface area (Å²) in [7, 11) is 1.31. The third-order valence-electron chi connectivity index (χ3n) is 4.51. The van der Waals surface area contributed by atoms with Crippen molar-refractivity contribution in [1.29, 1.82) is 0 Å². The van der Waals surface area contributed by atoms with Crippen molar-refractivity contribution in [3.63, 3.8) is 0 Å². The summed E-state index contributed by atoms with van der Waals surface area (Å²) in [6.45, 7) is 5.41. The van der Waals surface area contributed by atoms with Crippen LogP contribution in [-0.2, 0) is 14.3 Å². The Morgan fingerprint density at radius 1 is 1.35 bits per heavy atom. The molecule has 1 aromatic rings. The molecule has 0 amide bonds. The lowest BCUT2D eigenvalue weighted by Gasteiger charge is -2.44. The van der Waals surface area contributed by atoms with E-state index in [9.17, 15) is 14.7 Å². The minimum absolute atomic E-state index is 0.0472. The minimum Gasteiger partial charge on any atom is -0.466 e. The molecule has 1 N–H and O–H groups in total. The zero-order valence-corrected chi connectivity index (χ0v) is 15.5. The molecule has 0 bridgehead atoms. The summed E-state index contributed by atoms with van der Waals surface area (Å²) < 4.78 is 9.87. The Morgan fingerprint density at radius 3 is 2.69 bits per heavy atom. The highest BCUT2D eigenvalue weighted by Gasteiger charge is 2.47. The van der Waals surface area contributed by atoms with Crippen LogP contribution in [0.3, 0.4) is 0 Å². The molecule has 0 radical (unpaired) electrons. The first kappa shape index (κ1) is 19.7. The van der Waals surface area contributed by atoms with Crippen molar-refractivity contribution in [2.75, 3.05) is 7.11 Å². The van der Waals surface area contributed by atoms with Gasteiger partial charge in [0.2, 0.25) is 0 Å². The molecule has 1 heterocycles. The Kier molecular flexibility index (Phi) is 5.83. The van der Waals surface area contributed by atoms with Gasteiger partial charge in [-0.1, -0.05) is 26.0 Å². The largest absolute Gasteiger partial charge is 0.466 e. The van der Waals surface area contributed by atoms with E-state index < -0.39 is 17.0 Å². The average molecular weight is 356 g/mol. The fourth-order valence-corrected chi connectivity index (χ4v) is 2.90. The number of ether oxygens (including phenoxy) is 1. The Bertz CT molecular complexity index is 790. The number of carbonyl (C=O) groups excluding carboxylic acids is 2. The first-order valence-electron chi connectivity index (χ1n) is 8.32. The predicted octanol–water partition coefficient (Wildman–Crippen LogP) is 3.62. The number of ketones is 1. The van der Waals surface area contributed by atoms with Gasteiger partial charge in [0.1, 0.15) is 11.4 Å². The summed E-state index contributed by atoms with van der Waals surface area (Å²) in [5, 5.41) is 11.4. The smallest absolute Gasteiger partial charge is 0.330 e. The molecule has 0 aliphatic heterocycles. The molecule has 1 aliphatic carbocycles. The van der Waals surface area contributed by atoms with E-state index in [1.807, 2.05) is 13.8 Å². The van der Waals surface area contributed by atoms with Crippen LogP contribution in [0.15, 0.2) is 64.3 Å². The van der Waals surface area contributed by atoms with Crippen LogP contribution in [0.1, 0.15) is 33.0 Å². The van der Waals surface area contributed by atoms with Crippen molar-refractivity contribution >= 4 is 17.8 Å². The quantitative estimate of drug-likeness (QED) is 0.495. The minimum atomic E-state index is -1.38. The number of allylic oxidation sites excluding steroid dienone is 3. The second-order valence-electron chi connectivity index (χ2n) is 6.99. The molecule has 0 saturated heterocycles. The summed E-state index contributed by atoms with van der Waals surface area (Å²) in [5.74, 6) is 0.106. The Hall–Kier alpha value is -2.66. The molecule has 5 heteroatoms. The third kappa shape index (κ3) is 4.29. The molecule has 2 rings (SSSR count). The molecule has 0 aromatic carbocycles. The molecule has 1 aromatic heterocycles. The van der Waals surface area contributed by atoms with Crippen molar-refractivity contribution in [2.45, 2.75) is 32.8 Å². The lowest BCUT2D eigenvalue weighted by molar-refractivity contribution is -0.134. The summed E-state index contributed by atoms with van der Waals surface area (Å²) in [6, 6.07) is 3.54.